The number of rotatable bonds is 5. The number of carbonyl (C=O) groups excluding carboxylic acids is 1. The van der Waals surface area contributed by atoms with Gasteiger partial charge in [-0.15, -0.1) is 0 Å². The molecule has 0 saturated heterocycles. The molecule has 11 heteroatoms. The zero-order chi connectivity index (χ0) is 25.6. The lowest BCUT2D eigenvalue weighted by atomic mass is 9.79. The minimum atomic E-state index is -1.16. The predicted molar refractivity (Wildman–Crippen MR) is 132 cm³/mol. The standard InChI is InChI=1S/C27H17F2N7O2/c28-15-8-6-14(7-9-15)27-20-22(34-26(27)37)32-21(33-23(20)35-27)19-12-36-11-18(13-4-5-13)30-24(36)25(31-19)38-17-3-1-2-16(29)10-17/h1-3,6-13H,4-5H2,(H2,32,33,34,35,37). The molecule has 8 rings (SSSR count). The van der Waals surface area contributed by atoms with Gasteiger partial charge in [-0.1, -0.05) is 18.2 Å². The van der Waals surface area contributed by atoms with Gasteiger partial charge in [0.15, 0.2) is 11.4 Å². The Hall–Kier alpha value is -4.93. The monoisotopic (exact) mass is 509 g/mol. The zero-order valence-corrected chi connectivity index (χ0v) is 19.6. The second-order valence-corrected chi connectivity index (χ2v) is 9.62. The lowest BCUT2D eigenvalue weighted by Gasteiger charge is -2.38. The average Bonchev–Trinajstić information content (AvgIpc) is 3.58. The van der Waals surface area contributed by atoms with Crippen LogP contribution in [0.1, 0.15) is 35.6 Å². The summed E-state index contributed by atoms with van der Waals surface area (Å²) in [6.07, 6.45) is 5.82. The normalized spacial score (nSPS) is 19.1. The zero-order valence-electron chi connectivity index (χ0n) is 19.6. The second kappa shape index (κ2) is 7.31. The topological polar surface area (TPSA) is 106 Å². The van der Waals surface area contributed by atoms with E-state index in [1.54, 1.807) is 30.5 Å². The van der Waals surface area contributed by atoms with E-state index >= 15 is 0 Å². The van der Waals surface area contributed by atoms with Gasteiger partial charge in [-0.25, -0.2) is 28.7 Å². The van der Waals surface area contributed by atoms with Crippen LogP contribution < -0.4 is 15.4 Å². The number of amides is 1. The number of carbonyl (C=O) groups is 1. The minimum absolute atomic E-state index is 0.181. The number of imidazole rings is 1. The van der Waals surface area contributed by atoms with Crippen LogP contribution in [-0.4, -0.2) is 30.2 Å². The fraction of sp³-hybridized carbons (Fsp3) is 0.148. The molecule has 9 nitrogen and oxygen atoms in total. The fourth-order valence-electron chi connectivity index (χ4n) is 5.09. The summed E-state index contributed by atoms with van der Waals surface area (Å²) >= 11 is 0. The van der Waals surface area contributed by atoms with Gasteiger partial charge < -0.3 is 15.4 Å². The summed E-state index contributed by atoms with van der Waals surface area (Å²) in [5.74, 6) is 0.807. The molecule has 2 aliphatic heterocycles. The number of anilines is 2. The van der Waals surface area contributed by atoms with E-state index in [-0.39, 0.29) is 23.4 Å². The van der Waals surface area contributed by atoms with Gasteiger partial charge >= 0.3 is 0 Å². The van der Waals surface area contributed by atoms with Crippen molar-refractivity contribution in [3.8, 4) is 23.1 Å². The highest BCUT2D eigenvalue weighted by Crippen LogP contribution is 2.53. The average molecular weight is 509 g/mol. The number of benzene rings is 2. The van der Waals surface area contributed by atoms with E-state index in [2.05, 4.69) is 25.6 Å². The van der Waals surface area contributed by atoms with Gasteiger partial charge in [0, 0.05) is 24.4 Å². The molecule has 1 aliphatic carbocycles. The third-order valence-corrected chi connectivity index (χ3v) is 7.10. The number of fused-ring (bicyclic) bond motifs is 1. The van der Waals surface area contributed by atoms with Crippen LogP contribution in [0.15, 0.2) is 60.9 Å². The Morgan fingerprint density at radius 1 is 0.947 bits per heavy atom. The van der Waals surface area contributed by atoms with Crippen molar-refractivity contribution in [1.82, 2.24) is 24.3 Å². The highest BCUT2D eigenvalue weighted by atomic mass is 19.1. The van der Waals surface area contributed by atoms with Crippen LogP contribution in [0.5, 0.6) is 11.6 Å². The van der Waals surface area contributed by atoms with Crippen LogP contribution >= 0.6 is 0 Å². The largest absolute Gasteiger partial charge is 0.436 e. The van der Waals surface area contributed by atoms with E-state index in [9.17, 15) is 13.6 Å². The van der Waals surface area contributed by atoms with Crippen LogP contribution in [0.3, 0.4) is 0 Å². The molecule has 1 unspecified atom stereocenters. The highest BCUT2D eigenvalue weighted by molar-refractivity contribution is 6.14. The molecule has 2 aromatic carbocycles. The van der Waals surface area contributed by atoms with Gasteiger partial charge in [0.25, 0.3) is 11.8 Å². The summed E-state index contributed by atoms with van der Waals surface area (Å²) in [5.41, 5.74) is 1.84. The number of hydrogen-bond donors (Lipinski definition) is 2. The van der Waals surface area contributed by atoms with Crippen molar-refractivity contribution in [2.24, 2.45) is 0 Å². The van der Waals surface area contributed by atoms with E-state index in [0.717, 1.165) is 18.5 Å². The molecule has 3 aromatic heterocycles. The maximum Gasteiger partial charge on any atom is 0.264 e. The Kier molecular flexibility index (Phi) is 4.08. The Labute approximate surface area is 213 Å². The molecule has 3 aliphatic rings. The molecular formula is C27H17F2N7O2. The Morgan fingerprint density at radius 2 is 1.76 bits per heavy atom. The number of halogens is 2. The first-order valence-electron chi connectivity index (χ1n) is 12.1. The maximum absolute atomic E-state index is 13.8. The third-order valence-electron chi connectivity index (χ3n) is 7.10. The van der Waals surface area contributed by atoms with Crippen LogP contribution in [0.2, 0.25) is 0 Å². The maximum atomic E-state index is 13.8. The summed E-state index contributed by atoms with van der Waals surface area (Å²) in [5, 5.41) is 5.98. The first-order chi connectivity index (χ1) is 18.5. The summed E-state index contributed by atoms with van der Waals surface area (Å²) in [6, 6.07) is 11.5. The van der Waals surface area contributed by atoms with Crippen molar-refractivity contribution in [3.63, 3.8) is 0 Å². The molecule has 186 valence electrons. The molecule has 1 amide bonds. The molecule has 5 aromatic rings. The lowest BCUT2D eigenvalue weighted by molar-refractivity contribution is -0.119. The second-order valence-electron chi connectivity index (χ2n) is 9.62. The smallest absolute Gasteiger partial charge is 0.264 e. The third kappa shape index (κ3) is 2.98. The van der Waals surface area contributed by atoms with Gasteiger partial charge in [0.05, 0.1) is 11.3 Å². The van der Waals surface area contributed by atoms with E-state index in [1.165, 1.54) is 24.3 Å². The number of nitrogens with zero attached hydrogens (tertiary/aromatic N) is 5. The fourth-order valence-corrected chi connectivity index (χ4v) is 5.09. The van der Waals surface area contributed by atoms with Crippen molar-refractivity contribution in [2.45, 2.75) is 24.3 Å². The molecule has 1 fully saturated rings. The first kappa shape index (κ1) is 21.2. The number of aromatic nitrogens is 5. The Bertz CT molecular complexity index is 1820. The molecule has 5 heterocycles. The van der Waals surface area contributed by atoms with E-state index in [0.29, 0.717) is 40.0 Å². The molecule has 38 heavy (non-hydrogen) atoms. The van der Waals surface area contributed by atoms with Crippen molar-refractivity contribution >= 4 is 23.2 Å². The first-order valence-corrected chi connectivity index (χ1v) is 12.1. The summed E-state index contributed by atoms with van der Waals surface area (Å²) in [4.78, 5) is 31.6. The van der Waals surface area contributed by atoms with Gasteiger partial charge in [-0.3, -0.25) is 9.20 Å². The molecule has 0 radical (unpaired) electrons. The number of ether oxygens (including phenoxy) is 1. The Morgan fingerprint density at radius 3 is 2.55 bits per heavy atom. The van der Waals surface area contributed by atoms with E-state index in [1.807, 2.05) is 10.6 Å². The molecule has 0 bridgehead atoms. The SMILES string of the molecule is O=C1Nc2nc(-c3cn4cc(C5CC5)nc4c(Oc4cccc(F)c4)n3)nc3c2C1(c1ccc(F)cc1)N3. The van der Waals surface area contributed by atoms with Crippen molar-refractivity contribution in [3.05, 3.63) is 89.4 Å². The van der Waals surface area contributed by atoms with Crippen LogP contribution in [0, 0.1) is 11.6 Å². The Balaban J connectivity index is 1.24. The van der Waals surface area contributed by atoms with Crippen molar-refractivity contribution < 1.29 is 18.3 Å². The van der Waals surface area contributed by atoms with Crippen molar-refractivity contribution in [1.29, 1.82) is 0 Å². The summed E-state index contributed by atoms with van der Waals surface area (Å²) in [6.45, 7) is 0. The van der Waals surface area contributed by atoms with E-state index < -0.39 is 17.2 Å². The van der Waals surface area contributed by atoms with Gasteiger partial charge in [0.2, 0.25) is 5.65 Å². The number of nitrogens with one attached hydrogen (secondary N) is 2. The van der Waals surface area contributed by atoms with Crippen LogP contribution in [0.4, 0.5) is 20.4 Å². The van der Waals surface area contributed by atoms with E-state index in [4.69, 9.17) is 9.72 Å². The quantitative estimate of drug-likeness (QED) is 0.352. The molecule has 1 atom stereocenters. The van der Waals surface area contributed by atoms with Crippen molar-refractivity contribution in [2.75, 3.05) is 10.6 Å². The summed E-state index contributed by atoms with van der Waals surface area (Å²) < 4.78 is 35.1. The number of hydrogen-bond acceptors (Lipinski definition) is 7. The molecule has 0 spiro atoms. The minimum Gasteiger partial charge on any atom is -0.436 e. The van der Waals surface area contributed by atoms with Crippen LogP contribution in [0.25, 0.3) is 17.2 Å². The lowest BCUT2D eigenvalue weighted by Crippen LogP contribution is -2.50. The van der Waals surface area contributed by atoms with Gasteiger partial charge in [-0.2, -0.15) is 0 Å². The van der Waals surface area contributed by atoms with Gasteiger partial charge in [-0.05, 0) is 42.7 Å². The summed E-state index contributed by atoms with van der Waals surface area (Å²) in [7, 11) is 0. The van der Waals surface area contributed by atoms with Crippen LogP contribution in [-0.2, 0) is 10.3 Å². The molecule has 2 N–H and O–H groups in total. The highest BCUT2D eigenvalue weighted by Gasteiger charge is 2.58. The van der Waals surface area contributed by atoms with Gasteiger partial charge in [0.1, 0.15) is 34.7 Å². The molecular weight excluding hydrogens is 492 g/mol. The predicted octanol–water partition coefficient (Wildman–Crippen LogP) is 4.76. The molecule has 1 saturated carbocycles.